The van der Waals surface area contributed by atoms with Crippen molar-refractivity contribution in [3.8, 4) is 0 Å². The fourth-order valence-corrected chi connectivity index (χ4v) is 2.24. The summed E-state index contributed by atoms with van der Waals surface area (Å²) >= 11 is 1.60. The Morgan fingerprint density at radius 2 is 2.21 bits per heavy atom. The molecule has 0 fully saturated rings. The van der Waals surface area contributed by atoms with Gasteiger partial charge in [0.25, 0.3) is 0 Å². The molecule has 1 unspecified atom stereocenters. The lowest BCUT2D eigenvalue weighted by atomic mass is 10.1. The molecule has 0 saturated heterocycles. The van der Waals surface area contributed by atoms with Crippen molar-refractivity contribution in [1.82, 2.24) is 4.98 Å². The van der Waals surface area contributed by atoms with Crippen molar-refractivity contribution in [2.24, 2.45) is 0 Å². The third-order valence-electron chi connectivity index (χ3n) is 2.30. The van der Waals surface area contributed by atoms with Crippen molar-refractivity contribution in [3.63, 3.8) is 0 Å². The summed E-state index contributed by atoms with van der Waals surface area (Å²) in [5.74, 6) is 0. The number of aliphatic hydroxyl groups excluding tert-OH is 1. The topological polar surface area (TPSA) is 33.1 Å². The smallest absolute Gasteiger partial charge is 0.0898 e. The first-order valence-electron chi connectivity index (χ1n) is 5.34. The van der Waals surface area contributed by atoms with Gasteiger partial charge in [0.15, 0.2) is 0 Å². The van der Waals surface area contributed by atoms with E-state index in [2.05, 4.69) is 11.9 Å². The molecule has 0 amide bonds. The van der Waals surface area contributed by atoms with Gasteiger partial charge in [0.1, 0.15) is 0 Å². The van der Waals surface area contributed by atoms with Gasteiger partial charge in [-0.15, -0.1) is 11.3 Å². The minimum Gasteiger partial charge on any atom is -0.388 e. The molecule has 3 heteroatoms. The summed E-state index contributed by atoms with van der Waals surface area (Å²) in [5.41, 5.74) is 0. The molecule has 0 bridgehead atoms. The van der Waals surface area contributed by atoms with Crippen molar-refractivity contribution in [2.75, 3.05) is 0 Å². The van der Waals surface area contributed by atoms with Crippen molar-refractivity contribution >= 4 is 11.3 Å². The Hall–Kier alpha value is -0.410. The molecule has 1 aromatic heterocycles. The fourth-order valence-electron chi connectivity index (χ4n) is 1.44. The Morgan fingerprint density at radius 1 is 1.43 bits per heavy atom. The molecule has 14 heavy (non-hydrogen) atoms. The van der Waals surface area contributed by atoms with Gasteiger partial charge in [-0.3, -0.25) is 0 Å². The lowest BCUT2D eigenvalue weighted by molar-refractivity contribution is 0.167. The molecular weight excluding hydrogens is 194 g/mol. The van der Waals surface area contributed by atoms with E-state index in [0.717, 1.165) is 22.7 Å². The number of hydrogen-bond donors (Lipinski definition) is 1. The number of aromatic nitrogens is 1. The van der Waals surface area contributed by atoms with Gasteiger partial charge in [0.05, 0.1) is 16.0 Å². The van der Waals surface area contributed by atoms with Crippen molar-refractivity contribution in [1.29, 1.82) is 0 Å². The number of aliphatic hydroxyl groups is 1. The van der Waals surface area contributed by atoms with Gasteiger partial charge in [-0.05, 0) is 13.3 Å². The van der Waals surface area contributed by atoms with Crippen LogP contribution in [0, 0.1) is 6.92 Å². The van der Waals surface area contributed by atoms with E-state index in [4.69, 9.17) is 0 Å². The highest BCUT2D eigenvalue weighted by Crippen LogP contribution is 2.24. The molecule has 1 rings (SSSR count). The Balaban J connectivity index is 2.25. The SMILES string of the molecule is CCCCCCC(O)c1cnc(C)s1. The van der Waals surface area contributed by atoms with Gasteiger partial charge in [-0.25, -0.2) is 4.98 Å². The Labute approximate surface area is 90.0 Å². The van der Waals surface area contributed by atoms with E-state index >= 15 is 0 Å². The van der Waals surface area contributed by atoms with Crippen LogP contribution in [0.15, 0.2) is 6.20 Å². The zero-order chi connectivity index (χ0) is 10.4. The summed E-state index contributed by atoms with van der Waals surface area (Å²) in [4.78, 5) is 5.15. The Morgan fingerprint density at radius 3 is 2.79 bits per heavy atom. The van der Waals surface area contributed by atoms with Crippen molar-refractivity contribution < 1.29 is 5.11 Å². The molecule has 1 N–H and O–H groups in total. The number of thiazole rings is 1. The highest BCUT2D eigenvalue weighted by atomic mass is 32.1. The first kappa shape index (κ1) is 11.7. The molecule has 2 nitrogen and oxygen atoms in total. The van der Waals surface area contributed by atoms with Crippen LogP contribution in [0.2, 0.25) is 0 Å². The maximum Gasteiger partial charge on any atom is 0.0898 e. The summed E-state index contributed by atoms with van der Waals surface area (Å²) in [7, 11) is 0. The number of hydrogen-bond acceptors (Lipinski definition) is 3. The lowest BCUT2D eigenvalue weighted by Crippen LogP contribution is -1.94. The summed E-state index contributed by atoms with van der Waals surface area (Å²) in [6.45, 7) is 4.17. The van der Waals surface area contributed by atoms with Gasteiger partial charge in [-0.2, -0.15) is 0 Å². The standard InChI is InChI=1S/C11H19NOS/c1-3-4-5-6-7-10(13)11-8-12-9(2)14-11/h8,10,13H,3-7H2,1-2H3. The molecule has 0 spiro atoms. The largest absolute Gasteiger partial charge is 0.388 e. The average molecular weight is 213 g/mol. The van der Waals surface area contributed by atoms with Crippen LogP contribution >= 0.6 is 11.3 Å². The normalized spacial score (nSPS) is 13.1. The summed E-state index contributed by atoms with van der Waals surface area (Å²) in [6, 6.07) is 0. The van der Waals surface area contributed by atoms with Gasteiger partial charge >= 0.3 is 0 Å². The minimum absolute atomic E-state index is 0.293. The molecule has 0 aliphatic rings. The van der Waals surface area contributed by atoms with E-state index in [1.54, 1.807) is 17.5 Å². The first-order valence-corrected chi connectivity index (χ1v) is 6.16. The zero-order valence-corrected chi connectivity index (χ0v) is 9.81. The fraction of sp³-hybridized carbons (Fsp3) is 0.727. The van der Waals surface area contributed by atoms with Crippen molar-refractivity contribution in [3.05, 3.63) is 16.1 Å². The first-order chi connectivity index (χ1) is 6.74. The lowest BCUT2D eigenvalue weighted by Gasteiger charge is -2.06. The van der Waals surface area contributed by atoms with Gasteiger partial charge in [0.2, 0.25) is 0 Å². The van der Waals surface area contributed by atoms with Crippen LogP contribution in [-0.2, 0) is 0 Å². The van der Waals surface area contributed by atoms with Crippen LogP contribution in [0.1, 0.15) is 55.0 Å². The molecule has 0 aliphatic heterocycles. The number of aryl methyl sites for hydroxylation is 1. The Bertz CT molecular complexity index is 260. The van der Waals surface area contributed by atoms with E-state index in [1.807, 2.05) is 6.92 Å². The second kappa shape index (κ2) is 6.14. The number of unbranched alkanes of at least 4 members (excludes halogenated alkanes) is 3. The quantitative estimate of drug-likeness (QED) is 0.734. The third-order valence-corrected chi connectivity index (χ3v) is 3.31. The van der Waals surface area contributed by atoms with E-state index in [9.17, 15) is 5.11 Å². The van der Waals surface area contributed by atoms with E-state index < -0.39 is 0 Å². The Kier molecular flexibility index (Phi) is 5.12. The molecule has 0 radical (unpaired) electrons. The molecule has 80 valence electrons. The van der Waals surface area contributed by atoms with Crippen LogP contribution in [0.25, 0.3) is 0 Å². The summed E-state index contributed by atoms with van der Waals surface area (Å²) in [6.07, 6.45) is 7.24. The number of nitrogens with zero attached hydrogens (tertiary/aromatic N) is 1. The van der Waals surface area contributed by atoms with Gasteiger partial charge in [0, 0.05) is 6.20 Å². The van der Waals surface area contributed by atoms with Gasteiger partial charge < -0.3 is 5.11 Å². The van der Waals surface area contributed by atoms with E-state index in [-0.39, 0.29) is 6.10 Å². The minimum atomic E-state index is -0.293. The second-order valence-corrected chi connectivity index (χ2v) is 4.91. The zero-order valence-electron chi connectivity index (χ0n) is 8.99. The third kappa shape index (κ3) is 3.76. The van der Waals surface area contributed by atoms with E-state index in [1.165, 1.54) is 19.3 Å². The molecule has 0 aromatic carbocycles. The molecule has 1 atom stereocenters. The highest BCUT2D eigenvalue weighted by Gasteiger charge is 2.09. The molecule has 1 aromatic rings. The predicted molar refractivity (Wildman–Crippen MR) is 60.6 cm³/mol. The maximum absolute atomic E-state index is 9.80. The monoisotopic (exact) mass is 213 g/mol. The summed E-state index contributed by atoms with van der Waals surface area (Å²) in [5, 5.41) is 10.8. The van der Waals surface area contributed by atoms with Gasteiger partial charge in [-0.1, -0.05) is 32.6 Å². The average Bonchev–Trinajstić information content (AvgIpc) is 2.59. The van der Waals surface area contributed by atoms with Crippen LogP contribution in [0.3, 0.4) is 0 Å². The molecule has 0 aliphatic carbocycles. The molecular formula is C11H19NOS. The van der Waals surface area contributed by atoms with Crippen LogP contribution in [0.4, 0.5) is 0 Å². The van der Waals surface area contributed by atoms with E-state index in [0.29, 0.717) is 0 Å². The molecule has 0 saturated carbocycles. The van der Waals surface area contributed by atoms with Crippen LogP contribution < -0.4 is 0 Å². The maximum atomic E-state index is 9.80. The van der Waals surface area contributed by atoms with Crippen LogP contribution in [0.5, 0.6) is 0 Å². The summed E-state index contributed by atoms with van der Waals surface area (Å²) < 4.78 is 0. The second-order valence-electron chi connectivity index (χ2n) is 3.65. The van der Waals surface area contributed by atoms with Crippen molar-refractivity contribution in [2.45, 2.75) is 52.1 Å². The highest BCUT2D eigenvalue weighted by molar-refractivity contribution is 7.11. The molecule has 1 heterocycles. The van der Waals surface area contributed by atoms with Crippen LogP contribution in [-0.4, -0.2) is 10.1 Å². The predicted octanol–water partition coefficient (Wildman–Crippen LogP) is 3.46. The number of rotatable bonds is 6.